The quantitative estimate of drug-likeness (QED) is 0.426. The molecule has 2 heterocycles. The van der Waals surface area contributed by atoms with Crippen LogP contribution < -0.4 is 0 Å². The molecule has 0 spiro atoms. The lowest BCUT2D eigenvalue weighted by atomic mass is 10.0. The molecule has 0 saturated carbocycles. The predicted molar refractivity (Wildman–Crippen MR) is 118 cm³/mol. The molecule has 1 unspecified atom stereocenters. The first kappa shape index (κ1) is 18.8. The number of aliphatic imine (C=N–C) groups is 1. The standard InChI is InChI=1S/C26H24N2O2/c29-26-22-8-4-9-24(23(22)18-30-26)27-16-19-11-13-21(14-12-19)25-10-5-15-28(25)17-20-6-2-1-3-7-20/h1-4,6-9,11-14,16,25H,5,10,15,17-18H2. The van der Waals surface area contributed by atoms with E-state index in [1.165, 1.54) is 24.0 Å². The summed E-state index contributed by atoms with van der Waals surface area (Å²) in [6, 6.07) is 25.4. The highest BCUT2D eigenvalue weighted by molar-refractivity contribution is 5.95. The molecule has 1 saturated heterocycles. The first-order chi connectivity index (χ1) is 14.8. The van der Waals surface area contributed by atoms with E-state index < -0.39 is 0 Å². The predicted octanol–water partition coefficient (Wildman–Crippen LogP) is 5.44. The van der Waals surface area contributed by atoms with Crippen LogP contribution in [0.5, 0.6) is 0 Å². The molecule has 2 aliphatic heterocycles. The topological polar surface area (TPSA) is 41.9 Å². The Morgan fingerprint density at radius 1 is 1.00 bits per heavy atom. The van der Waals surface area contributed by atoms with Crippen molar-refractivity contribution in [2.24, 2.45) is 4.99 Å². The van der Waals surface area contributed by atoms with Crippen molar-refractivity contribution in [1.29, 1.82) is 0 Å². The highest BCUT2D eigenvalue weighted by Crippen LogP contribution is 2.33. The molecular formula is C26H24N2O2. The summed E-state index contributed by atoms with van der Waals surface area (Å²) in [6.45, 7) is 2.44. The Balaban J connectivity index is 1.30. The normalized spacial score (nSPS) is 18.7. The number of likely N-dealkylation sites (tertiary alicyclic amines) is 1. The molecule has 0 aliphatic carbocycles. The maximum Gasteiger partial charge on any atom is 0.338 e. The fourth-order valence-corrected chi connectivity index (χ4v) is 4.41. The van der Waals surface area contributed by atoms with Crippen molar-refractivity contribution >= 4 is 17.9 Å². The van der Waals surface area contributed by atoms with Crippen molar-refractivity contribution in [3.05, 3.63) is 101 Å². The summed E-state index contributed by atoms with van der Waals surface area (Å²) in [4.78, 5) is 18.9. The maximum atomic E-state index is 11.7. The maximum absolute atomic E-state index is 11.7. The van der Waals surface area contributed by atoms with Crippen LogP contribution >= 0.6 is 0 Å². The number of rotatable bonds is 5. The van der Waals surface area contributed by atoms with Gasteiger partial charge in [0, 0.05) is 24.4 Å². The van der Waals surface area contributed by atoms with Gasteiger partial charge in [0.2, 0.25) is 0 Å². The summed E-state index contributed by atoms with van der Waals surface area (Å²) >= 11 is 0. The molecule has 0 amide bonds. The van der Waals surface area contributed by atoms with Crippen LogP contribution in [0, 0.1) is 0 Å². The second-order valence-electron chi connectivity index (χ2n) is 7.92. The molecule has 4 nitrogen and oxygen atoms in total. The Kier molecular flexibility index (Phi) is 5.16. The SMILES string of the molecule is O=C1OCc2c(N=Cc3ccc(C4CCCN4Cc4ccccc4)cc3)cccc21. The van der Waals surface area contributed by atoms with E-state index in [9.17, 15) is 4.79 Å². The largest absolute Gasteiger partial charge is 0.457 e. The Labute approximate surface area is 176 Å². The molecule has 0 N–H and O–H groups in total. The molecule has 3 aromatic rings. The number of ether oxygens (including phenoxy) is 1. The summed E-state index contributed by atoms with van der Waals surface area (Å²) in [5, 5.41) is 0. The summed E-state index contributed by atoms with van der Waals surface area (Å²) in [5.74, 6) is -0.261. The second-order valence-corrected chi connectivity index (χ2v) is 7.92. The van der Waals surface area contributed by atoms with Crippen LogP contribution in [0.3, 0.4) is 0 Å². The van der Waals surface area contributed by atoms with Gasteiger partial charge in [-0.15, -0.1) is 0 Å². The van der Waals surface area contributed by atoms with E-state index in [4.69, 9.17) is 4.74 Å². The molecule has 5 rings (SSSR count). The number of carbonyl (C=O) groups excluding carboxylic acids is 1. The van der Waals surface area contributed by atoms with E-state index in [2.05, 4.69) is 64.5 Å². The van der Waals surface area contributed by atoms with Gasteiger partial charge in [0.1, 0.15) is 6.61 Å². The zero-order valence-corrected chi connectivity index (χ0v) is 16.8. The minimum Gasteiger partial charge on any atom is -0.457 e. The van der Waals surface area contributed by atoms with Gasteiger partial charge < -0.3 is 4.74 Å². The van der Waals surface area contributed by atoms with Crippen molar-refractivity contribution in [2.75, 3.05) is 6.54 Å². The number of fused-ring (bicyclic) bond motifs is 1. The number of hydrogen-bond donors (Lipinski definition) is 0. The van der Waals surface area contributed by atoms with Crippen molar-refractivity contribution in [3.8, 4) is 0 Å². The lowest BCUT2D eigenvalue weighted by Crippen LogP contribution is -2.22. The minimum absolute atomic E-state index is 0.261. The number of esters is 1. The van der Waals surface area contributed by atoms with Gasteiger partial charge in [-0.2, -0.15) is 0 Å². The minimum atomic E-state index is -0.261. The smallest absolute Gasteiger partial charge is 0.338 e. The first-order valence-electron chi connectivity index (χ1n) is 10.5. The zero-order valence-electron chi connectivity index (χ0n) is 16.8. The molecule has 2 aliphatic rings. The van der Waals surface area contributed by atoms with Gasteiger partial charge in [-0.05, 0) is 48.2 Å². The Morgan fingerprint density at radius 3 is 2.67 bits per heavy atom. The molecule has 0 bridgehead atoms. The van der Waals surface area contributed by atoms with Gasteiger partial charge in [0.25, 0.3) is 0 Å². The van der Waals surface area contributed by atoms with Gasteiger partial charge >= 0.3 is 5.97 Å². The third-order valence-electron chi connectivity index (χ3n) is 5.98. The average Bonchev–Trinajstić information content (AvgIpc) is 3.40. The summed E-state index contributed by atoms with van der Waals surface area (Å²) in [7, 11) is 0. The van der Waals surface area contributed by atoms with E-state index in [1.54, 1.807) is 6.07 Å². The van der Waals surface area contributed by atoms with Crippen LogP contribution in [0.2, 0.25) is 0 Å². The number of benzene rings is 3. The van der Waals surface area contributed by atoms with Gasteiger partial charge in [-0.1, -0.05) is 60.7 Å². The monoisotopic (exact) mass is 396 g/mol. The van der Waals surface area contributed by atoms with Crippen LogP contribution in [-0.2, 0) is 17.9 Å². The Bertz CT molecular complexity index is 1070. The van der Waals surface area contributed by atoms with Crippen LogP contribution in [0.15, 0.2) is 77.8 Å². The third kappa shape index (κ3) is 3.79. The Hall–Kier alpha value is -3.24. The van der Waals surface area contributed by atoms with Crippen LogP contribution in [0.25, 0.3) is 0 Å². The molecule has 3 aromatic carbocycles. The van der Waals surface area contributed by atoms with E-state index in [-0.39, 0.29) is 5.97 Å². The zero-order chi connectivity index (χ0) is 20.3. The molecule has 30 heavy (non-hydrogen) atoms. The Morgan fingerprint density at radius 2 is 1.83 bits per heavy atom. The summed E-state index contributed by atoms with van der Waals surface area (Å²) in [5.41, 5.74) is 6.07. The molecule has 0 radical (unpaired) electrons. The van der Waals surface area contributed by atoms with E-state index in [0.717, 1.165) is 29.9 Å². The van der Waals surface area contributed by atoms with Crippen LogP contribution in [0.1, 0.15) is 51.5 Å². The second kappa shape index (κ2) is 8.25. The van der Waals surface area contributed by atoms with Gasteiger partial charge in [-0.3, -0.25) is 9.89 Å². The van der Waals surface area contributed by atoms with Crippen molar-refractivity contribution < 1.29 is 9.53 Å². The molecule has 1 fully saturated rings. The number of hydrogen-bond acceptors (Lipinski definition) is 4. The molecule has 4 heteroatoms. The molecular weight excluding hydrogens is 372 g/mol. The summed E-state index contributed by atoms with van der Waals surface area (Å²) in [6.07, 6.45) is 4.30. The lowest BCUT2D eigenvalue weighted by Gasteiger charge is -2.25. The number of nitrogens with zero attached hydrogens (tertiary/aromatic N) is 2. The fourth-order valence-electron chi connectivity index (χ4n) is 4.41. The fraction of sp³-hybridized carbons (Fsp3) is 0.231. The van der Waals surface area contributed by atoms with E-state index >= 15 is 0 Å². The summed E-state index contributed by atoms with van der Waals surface area (Å²) < 4.78 is 5.12. The highest BCUT2D eigenvalue weighted by atomic mass is 16.5. The van der Waals surface area contributed by atoms with Crippen molar-refractivity contribution in [3.63, 3.8) is 0 Å². The van der Waals surface area contributed by atoms with Crippen LogP contribution in [-0.4, -0.2) is 23.6 Å². The van der Waals surface area contributed by atoms with Crippen LogP contribution in [0.4, 0.5) is 5.69 Å². The molecule has 1 atom stereocenters. The van der Waals surface area contributed by atoms with E-state index in [1.807, 2.05) is 18.3 Å². The highest BCUT2D eigenvalue weighted by Gasteiger charge is 2.26. The van der Waals surface area contributed by atoms with Crippen molar-refractivity contribution in [2.45, 2.75) is 32.0 Å². The first-order valence-corrected chi connectivity index (χ1v) is 10.5. The third-order valence-corrected chi connectivity index (χ3v) is 5.98. The average molecular weight is 396 g/mol. The molecule has 150 valence electrons. The van der Waals surface area contributed by atoms with Gasteiger partial charge in [0.05, 0.1) is 11.3 Å². The molecule has 0 aromatic heterocycles. The van der Waals surface area contributed by atoms with E-state index in [0.29, 0.717) is 18.2 Å². The van der Waals surface area contributed by atoms with Crippen molar-refractivity contribution in [1.82, 2.24) is 4.90 Å². The lowest BCUT2D eigenvalue weighted by molar-refractivity contribution is 0.0535. The van der Waals surface area contributed by atoms with Gasteiger partial charge in [-0.25, -0.2) is 4.79 Å². The number of carbonyl (C=O) groups is 1. The van der Waals surface area contributed by atoms with Gasteiger partial charge in [0.15, 0.2) is 0 Å². The number of cyclic esters (lactones) is 1.